The summed E-state index contributed by atoms with van der Waals surface area (Å²) < 4.78 is 0. The summed E-state index contributed by atoms with van der Waals surface area (Å²) in [7, 11) is 3.84. The lowest BCUT2D eigenvalue weighted by Gasteiger charge is -2.39. The van der Waals surface area contributed by atoms with Crippen LogP contribution in [0.4, 0.5) is 5.69 Å². The number of carbonyl (C=O) groups is 1. The Morgan fingerprint density at radius 1 is 1.35 bits per heavy atom. The zero-order chi connectivity index (χ0) is 15.2. The first-order chi connectivity index (χ1) is 10.1. The van der Waals surface area contributed by atoms with E-state index in [1.54, 1.807) is 0 Å². The highest BCUT2D eigenvalue weighted by molar-refractivity contribution is 5.85. The van der Waals surface area contributed by atoms with Crippen LogP contribution in [0.3, 0.4) is 0 Å². The molecule has 0 radical (unpaired) electrons. The summed E-state index contributed by atoms with van der Waals surface area (Å²) in [6.07, 6.45) is 2.23. The number of nitrogens with zero attached hydrogens (tertiary/aromatic N) is 2. The van der Waals surface area contributed by atoms with Gasteiger partial charge in [-0.3, -0.25) is 4.79 Å². The summed E-state index contributed by atoms with van der Waals surface area (Å²) >= 11 is 0. The molecule has 2 unspecified atom stereocenters. The van der Waals surface area contributed by atoms with Crippen molar-refractivity contribution in [3.8, 4) is 0 Å². The molecule has 2 rings (SSSR count). The van der Waals surface area contributed by atoms with Gasteiger partial charge in [-0.2, -0.15) is 0 Å². The van der Waals surface area contributed by atoms with Crippen LogP contribution >= 0.6 is 24.8 Å². The molecule has 23 heavy (non-hydrogen) atoms. The summed E-state index contributed by atoms with van der Waals surface area (Å²) in [5, 5.41) is 3.08. The SMILES string of the molecule is CNCC(C)C(=O)N(C)C1CCCN(c2ccccc2)C1.Cl.Cl. The number of rotatable bonds is 5. The highest BCUT2D eigenvalue weighted by atomic mass is 35.5. The summed E-state index contributed by atoms with van der Waals surface area (Å²) in [5.41, 5.74) is 1.26. The van der Waals surface area contributed by atoms with E-state index in [1.165, 1.54) is 5.69 Å². The highest BCUT2D eigenvalue weighted by Gasteiger charge is 2.28. The molecule has 1 amide bonds. The molecule has 1 aliphatic heterocycles. The van der Waals surface area contributed by atoms with Crippen LogP contribution < -0.4 is 10.2 Å². The maximum atomic E-state index is 12.4. The number of hydrogen-bond acceptors (Lipinski definition) is 3. The van der Waals surface area contributed by atoms with Crippen molar-refractivity contribution in [3.05, 3.63) is 30.3 Å². The minimum absolute atomic E-state index is 0. The molecular weight excluding hydrogens is 333 g/mol. The second-order valence-corrected chi connectivity index (χ2v) is 5.99. The van der Waals surface area contributed by atoms with Crippen LogP contribution in [-0.2, 0) is 4.79 Å². The number of para-hydroxylation sites is 1. The van der Waals surface area contributed by atoms with Crippen LogP contribution in [0.5, 0.6) is 0 Å². The first kappa shape index (κ1) is 22.0. The number of anilines is 1. The van der Waals surface area contributed by atoms with Crippen LogP contribution in [-0.4, -0.2) is 50.6 Å². The smallest absolute Gasteiger partial charge is 0.226 e. The molecule has 0 aromatic heterocycles. The van der Waals surface area contributed by atoms with Gasteiger partial charge in [0.25, 0.3) is 0 Å². The normalized spacial score (nSPS) is 18.4. The topological polar surface area (TPSA) is 35.6 Å². The summed E-state index contributed by atoms with van der Waals surface area (Å²) in [6, 6.07) is 10.8. The Bertz CT molecular complexity index is 458. The molecule has 4 nitrogen and oxygen atoms in total. The third-order valence-corrected chi connectivity index (χ3v) is 4.35. The number of benzene rings is 1. The lowest BCUT2D eigenvalue weighted by atomic mass is 10.0. The van der Waals surface area contributed by atoms with E-state index in [4.69, 9.17) is 0 Å². The number of amides is 1. The molecule has 0 aliphatic carbocycles. The van der Waals surface area contributed by atoms with Crippen molar-refractivity contribution >= 4 is 36.4 Å². The lowest BCUT2D eigenvalue weighted by Crippen LogP contribution is -2.50. The standard InChI is InChI=1S/C17H27N3O.2ClH/c1-14(12-18-2)17(21)19(3)16-10-7-11-20(13-16)15-8-5-4-6-9-15;;/h4-6,8-9,14,16,18H,7,10-13H2,1-3H3;2*1H. The Balaban J connectivity index is 0.00000242. The number of nitrogens with one attached hydrogen (secondary N) is 1. The van der Waals surface area contributed by atoms with Gasteiger partial charge in [0.2, 0.25) is 5.91 Å². The van der Waals surface area contributed by atoms with Gasteiger partial charge >= 0.3 is 0 Å². The van der Waals surface area contributed by atoms with E-state index >= 15 is 0 Å². The minimum atomic E-state index is 0. The summed E-state index contributed by atoms with van der Waals surface area (Å²) in [4.78, 5) is 16.8. The van der Waals surface area contributed by atoms with E-state index in [1.807, 2.05) is 32.0 Å². The molecule has 1 heterocycles. The first-order valence-electron chi connectivity index (χ1n) is 7.84. The molecule has 1 N–H and O–H groups in total. The van der Waals surface area contributed by atoms with E-state index < -0.39 is 0 Å². The second-order valence-electron chi connectivity index (χ2n) is 5.99. The van der Waals surface area contributed by atoms with Crippen LogP contribution in [0.25, 0.3) is 0 Å². The van der Waals surface area contributed by atoms with E-state index in [2.05, 4.69) is 34.5 Å². The Hall–Kier alpha value is -0.970. The van der Waals surface area contributed by atoms with Gasteiger partial charge in [0.05, 0.1) is 0 Å². The third-order valence-electron chi connectivity index (χ3n) is 4.35. The first-order valence-corrected chi connectivity index (χ1v) is 7.84. The molecule has 0 spiro atoms. The molecular formula is C17H29Cl2N3O. The number of likely N-dealkylation sites (N-methyl/N-ethyl adjacent to an activating group) is 1. The summed E-state index contributed by atoms with van der Waals surface area (Å²) in [5.74, 6) is 0.274. The fraction of sp³-hybridized carbons (Fsp3) is 0.588. The van der Waals surface area contributed by atoms with Gasteiger partial charge < -0.3 is 15.1 Å². The average Bonchev–Trinajstić information content (AvgIpc) is 2.54. The van der Waals surface area contributed by atoms with Crippen LogP contribution in [0.1, 0.15) is 19.8 Å². The van der Waals surface area contributed by atoms with Crippen LogP contribution in [0.15, 0.2) is 30.3 Å². The van der Waals surface area contributed by atoms with Gasteiger partial charge in [0.15, 0.2) is 0 Å². The quantitative estimate of drug-likeness (QED) is 0.875. The van der Waals surface area contributed by atoms with Gasteiger partial charge in [-0.25, -0.2) is 0 Å². The number of piperidine rings is 1. The predicted octanol–water partition coefficient (Wildman–Crippen LogP) is 2.81. The fourth-order valence-electron chi connectivity index (χ4n) is 3.07. The Labute approximate surface area is 152 Å². The van der Waals surface area contributed by atoms with E-state index in [0.717, 1.165) is 32.5 Å². The Morgan fingerprint density at radius 2 is 2.00 bits per heavy atom. The zero-order valence-corrected chi connectivity index (χ0v) is 15.8. The van der Waals surface area contributed by atoms with Crippen molar-refractivity contribution in [2.75, 3.05) is 38.6 Å². The molecule has 0 saturated carbocycles. The van der Waals surface area contributed by atoms with Crippen LogP contribution in [0, 0.1) is 5.92 Å². The van der Waals surface area contributed by atoms with E-state index in [0.29, 0.717) is 6.04 Å². The van der Waals surface area contributed by atoms with Crippen molar-refractivity contribution in [2.24, 2.45) is 5.92 Å². The van der Waals surface area contributed by atoms with Gasteiger partial charge in [0.1, 0.15) is 0 Å². The van der Waals surface area contributed by atoms with Gasteiger partial charge in [-0.15, -0.1) is 24.8 Å². The minimum Gasteiger partial charge on any atom is -0.369 e. The zero-order valence-electron chi connectivity index (χ0n) is 14.2. The van der Waals surface area contributed by atoms with E-state index in [-0.39, 0.29) is 36.6 Å². The van der Waals surface area contributed by atoms with Crippen molar-refractivity contribution < 1.29 is 4.79 Å². The molecule has 1 aromatic carbocycles. The van der Waals surface area contributed by atoms with Gasteiger partial charge in [-0.1, -0.05) is 25.1 Å². The molecule has 1 fully saturated rings. The molecule has 132 valence electrons. The highest BCUT2D eigenvalue weighted by Crippen LogP contribution is 2.22. The second kappa shape index (κ2) is 10.7. The maximum absolute atomic E-state index is 12.4. The monoisotopic (exact) mass is 361 g/mol. The third kappa shape index (κ3) is 5.87. The number of carbonyl (C=O) groups excluding carboxylic acids is 1. The molecule has 2 atom stereocenters. The molecule has 1 saturated heterocycles. The molecule has 0 bridgehead atoms. The average molecular weight is 362 g/mol. The Morgan fingerprint density at radius 3 is 2.61 bits per heavy atom. The molecule has 1 aromatic rings. The largest absolute Gasteiger partial charge is 0.369 e. The van der Waals surface area contributed by atoms with Crippen molar-refractivity contribution in [1.29, 1.82) is 0 Å². The van der Waals surface area contributed by atoms with Crippen molar-refractivity contribution in [3.63, 3.8) is 0 Å². The van der Waals surface area contributed by atoms with Crippen molar-refractivity contribution in [2.45, 2.75) is 25.8 Å². The number of halogens is 2. The number of hydrogen-bond donors (Lipinski definition) is 1. The molecule has 6 heteroatoms. The summed E-state index contributed by atoms with van der Waals surface area (Å²) in [6.45, 7) is 4.73. The van der Waals surface area contributed by atoms with E-state index in [9.17, 15) is 4.79 Å². The Kier molecular flexibility index (Phi) is 10.3. The fourth-order valence-corrected chi connectivity index (χ4v) is 3.07. The predicted molar refractivity (Wildman–Crippen MR) is 102 cm³/mol. The molecule has 1 aliphatic rings. The lowest BCUT2D eigenvalue weighted by molar-refractivity contribution is -0.135. The van der Waals surface area contributed by atoms with Crippen molar-refractivity contribution in [1.82, 2.24) is 10.2 Å². The van der Waals surface area contributed by atoms with Crippen LogP contribution in [0.2, 0.25) is 0 Å². The van der Waals surface area contributed by atoms with Gasteiger partial charge in [0, 0.05) is 44.3 Å². The maximum Gasteiger partial charge on any atom is 0.226 e. The van der Waals surface area contributed by atoms with Gasteiger partial charge in [-0.05, 0) is 32.0 Å².